The first-order valence-electron chi connectivity index (χ1n) is 8.87. The standard InChI is InChI=1S/C20H19N3O4S/c1-26-15-5-2-4-14(12-15)18-17(21-13-27-18)20(25)23-9-7-22(8-10-23)19(24)16-6-3-11-28-16/h2-6,11-13H,7-10H2,1H3. The summed E-state index contributed by atoms with van der Waals surface area (Å²) >= 11 is 1.43. The third-order valence-electron chi connectivity index (χ3n) is 4.69. The highest BCUT2D eigenvalue weighted by atomic mass is 32.1. The third-order valence-corrected chi connectivity index (χ3v) is 5.55. The van der Waals surface area contributed by atoms with Crippen LogP contribution in [0.3, 0.4) is 0 Å². The van der Waals surface area contributed by atoms with E-state index in [2.05, 4.69) is 4.98 Å². The summed E-state index contributed by atoms with van der Waals surface area (Å²) < 4.78 is 10.7. The largest absolute Gasteiger partial charge is 0.497 e. The summed E-state index contributed by atoms with van der Waals surface area (Å²) in [6.45, 7) is 1.91. The van der Waals surface area contributed by atoms with Gasteiger partial charge < -0.3 is 19.0 Å². The molecule has 3 heterocycles. The van der Waals surface area contributed by atoms with Gasteiger partial charge in [0, 0.05) is 31.7 Å². The Morgan fingerprint density at radius 2 is 1.82 bits per heavy atom. The van der Waals surface area contributed by atoms with Gasteiger partial charge in [-0.25, -0.2) is 4.98 Å². The molecular formula is C20H19N3O4S. The molecular weight excluding hydrogens is 378 g/mol. The number of methoxy groups -OCH3 is 1. The summed E-state index contributed by atoms with van der Waals surface area (Å²) in [5.41, 5.74) is 0.998. The number of benzene rings is 1. The fraction of sp³-hybridized carbons (Fsp3) is 0.250. The number of thiophene rings is 1. The van der Waals surface area contributed by atoms with E-state index in [0.717, 1.165) is 10.4 Å². The lowest BCUT2D eigenvalue weighted by molar-refractivity contribution is 0.0535. The van der Waals surface area contributed by atoms with Crippen LogP contribution in [0.4, 0.5) is 0 Å². The maximum atomic E-state index is 13.0. The smallest absolute Gasteiger partial charge is 0.276 e. The Balaban J connectivity index is 1.46. The number of carbonyl (C=O) groups is 2. The number of carbonyl (C=O) groups excluding carboxylic acids is 2. The van der Waals surface area contributed by atoms with E-state index < -0.39 is 0 Å². The van der Waals surface area contributed by atoms with Crippen molar-refractivity contribution in [2.45, 2.75) is 0 Å². The van der Waals surface area contributed by atoms with Gasteiger partial charge in [-0.15, -0.1) is 11.3 Å². The molecule has 7 nitrogen and oxygen atoms in total. The van der Waals surface area contributed by atoms with Crippen LogP contribution in [0.2, 0.25) is 0 Å². The number of nitrogens with zero attached hydrogens (tertiary/aromatic N) is 3. The van der Waals surface area contributed by atoms with Gasteiger partial charge in [0.05, 0.1) is 12.0 Å². The molecule has 144 valence electrons. The lowest BCUT2D eigenvalue weighted by Crippen LogP contribution is -2.50. The van der Waals surface area contributed by atoms with E-state index in [0.29, 0.717) is 37.7 Å². The molecule has 1 saturated heterocycles. The summed E-state index contributed by atoms with van der Waals surface area (Å²) in [5.74, 6) is 0.907. The van der Waals surface area contributed by atoms with Crippen LogP contribution >= 0.6 is 11.3 Å². The van der Waals surface area contributed by atoms with Crippen LogP contribution in [-0.4, -0.2) is 59.9 Å². The highest BCUT2D eigenvalue weighted by Gasteiger charge is 2.29. The Hall–Kier alpha value is -3.13. The van der Waals surface area contributed by atoms with Gasteiger partial charge in [-0.1, -0.05) is 18.2 Å². The van der Waals surface area contributed by atoms with E-state index in [-0.39, 0.29) is 17.5 Å². The Morgan fingerprint density at radius 1 is 1.07 bits per heavy atom. The highest BCUT2D eigenvalue weighted by molar-refractivity contribution is 7.12. The minimum atomic E-state index is -0.199. The molecule has 0 aliphatic carbocycles. The van der Waals surface area contributed by atoms with Crippen LogP contribution in [0.5, 0.6) is 5.75 Å². The second-order valence-corrected chi connectivity index (χ2v) is 7.27. The molecule has 0 saturated carbocycles. The first-order valence-corrected chi connectivity index (χ1v) is 9.75. The molecule has 0 atom stereocenters. The third kappa shape index (κ3) is 3.50. The molecule has 3 aromatic rings. The zero-order valence-corrected chi connectivity index (χ0v) is 16.1. The lowest BCUT2D eigenvalue weighted by atomic mass is 10.1. The Labute approximate surface area is 166 Å². The van der Waals surface area contributed by atoms with Crippen molar-refractivity contribution in [2.75, 3.05) is 33.3 Å². The molecule has 0 unspecified atom stereocenters. The highest BCUT2D eigenvalue weighted by Crippen LogP contribution is 2.27. The minimum absolute atomic E-state index is 0.0144. The van der Waals surface area contributed by atoms with Crippen molar-refractivity contribution in [3.63, 3.8) is 0 Å². The summed E-state index contributed by atoms with van der Waals surface area (Å²) in [6.07, 6.45) is 1.28. The van der Waals surface area contributed by atoms with Crippen molar-refractivity contribution in [2.24, 2.45) is 0 Å². The Kier molecular flexibility index (Phi) is 5.12. The molecule has 28 heavy (non-hydrogen) atoms. The molecule has 1 aromatic carbocycles. The Morgan fingerprint density at radius 3 is 2.50 bits per heavy atom. The van der Waals surface area contributed by atoms with Gasteiger partial charge in [0.15, 0.2) is 17.8 Å². The number of oxazole rings is 1. The fourth-order valence-corrected chi connectivity index (χ4v) is 3.88. The number of aromatic nitrogens is 1. The number of piperazine rings is 1. The maximum absolute atomic E-state index is 13.0. The van der Waals surface area contributed by atoms with Gasteiger partial charge in [-0.05, 0) is 23.6 Å². The molecule has 1 aliphatic heterocycles. The van der Waals surface area contributed by atoms with E-state index >= 15 is 0 Å². The Bertz CT molecular complexity index is 975. The molecule has 0 N–H and O–H groups in total. The zero-order valence-electron chi connectivity index (χ0n) is 15.3. The van der Waals surface area contributed by atoms with Crippen LogP contribution in [0.25, 0.3) is 11.3 Å². The number of amides is 2. The molecule has 0 bridgehead atoms. The van der Waals surface area contributed by atoms with Gasteiger partial charge >= 0.3 is 0 Å². The van der Waals surface area contributed by atoms with E-state index in [1.54, 1.807) is 23.0 Å². The predicted octanol–water partition coefficient (Wildman–Crippen LogP) is 3.01. The van der Waals surface area contributed by atoms with Gasteiger partial charge in [-0.2, -0.15) is 0 Å². The summed E-state index contributed by atoms with van der Waals surface area (Å²) in [5, 5.41) is 1.89. The van der Waals surface area contributed by atoms with Crippen molar-refractivity contribution < 1.29 is 18.7 Å². The van der Waals surface area contributed by atoms with Crippen LogP contribution in [0.15, 0.2) is 52.6 Å². The first kappa shape index (κ1) is 18.2. The predicted molar refractivity (Wildman–Crippen MR) is 105 cm³/mol. The molecule has 4 rings (SSSR count). The van der Waals surface area contributed by atoms with Crippen molar-refractivity contribution >= 4 is 23.2 Å². The number of ether oxygens (including phenoxy) is 1. The molecule has 1 fully saturated rings. The molecule has 2 aromatic heterocycles. The second-order valence-electron chi connectivity index (χ2n) is 6.32. The fourth-order valence-electron chi connectivity index (χ4n) is 3.19. The van der Waals surface area contributed by atoms with Crippen LogP contribution in [0.1, 0.15) is 20.2 Å². The van der Waals surface area contributed by atoms with Crippen LogP contribution < -0.4 is 4.74 Å². The van der Waals surface area contributed by atoms with Crippen molar-refractivity contribution in [3.05, 3.63) is 58.7 Å². The molecule has 2 amide bonds. The monoisotopic (exact) mass is 397 g/mol. The number of hydrogen-bond acceptors (Lipinski definition) is 6. The molecule has 0 radical (unpaired) electrons. The van der Waals surface area contributed by atoms with Crippen molar-refractivity contribution in [3.8, 4) is 17.1 Å². The van der Waals surface area contributed by atoms with E-state index in [1.807, 2.05) is 35.7 Å². The molecule has 8 heteroatoms. The number of hydrogen-bond donors (Lipinski definition) is 0. The normalized spacial score (nSPS) is 14.2. The minimum Gasteiger partial charge on any atom is -0.497 e. The van der Waals surface area contributed by atoms with Crippen molar-refractivity contribution in [1.29, 1.82) is 0 Å². The summed E-state index contributed by atoms with van der Waals surface area (Å²) in [7, 11) is 1.59. The van der Waals surface area contributed by atoms with E-state index in [4.69, 9.17) is 9.15 Å². The lowest BCUT2D eigenvalue weighted by Gasteiger charge is -2.34. The van der Waals surface area contributed by atoms with Gasteiger partial charge in [-0.3, -0.25) is 9.59 Å². The zero-order chi connectivity index (χ0) is 19.5. The molecule has 0 spiro atoms. The molecule has 1 aliphatic rings. The average molecular weight is 397 g/mol. The summed E-state index contributed by atoms with van der Waals surface area (Å²) in [4.78, 5) is 33.8. The summed E-state index contributed by atoms with van der Waals surface area (Å²) in [6, 6.07) is 11.0. The van der Waals surface area contributed by atoms with E-state index in [1.165, 1.54) is 17.7 Å². The van der Waals surface area contributed by atoms with Gasteiger partial charge in [0.2, 0.25) is 0 Å². The SMILES string of the molecule is COc1cccc(-c2ocnc2C(=O)N2CCN(C(=O)c3cccs3)CC2)c1. The topological polar surface area (TPSA) is 75.9 Å². The van der Waals surface area contributed by atoms with Crippen molar-refractivity contribution in [1.82, 2.24) is 14.8 Å². The number of rotatable bonds is 4. The maximum Gasteiger partial charge on any atom is 0.276 e. The second kappa shape index (κ2) is 7.85. The van der Waals surface area contributed by atoms with Crippen LogP contribution in [0, 0.1) is 0 Å². The van der Waals surface area contributed by atoms with Gasteiger partial charge in [0.25, 0.3) is 11.8 Å². The van der Waals surface area contributed by atoms with Crippen LogP contribution in [-0.2, 0) is 0 Å². The van der Waals surface area contributed by atoms with Gasteiger partial charge in [0.1, 0.15) is 5.75 Å². The average Bonchev–Trinajstić information content (AvgIpc) is 3.45. The first-order chi connectivity index (χ1) is 13.7. The van der Waals surface area contributed by atoms with E-state index in [9.17, 15) is 9.59 Å². The quantitative estimate of drug-likeness (QED) is 0.676.